The van der Waals surface area contributed by atoms with E-state index in [0.29, 0.717) is 17.0 Å². The number of aromatic nitrogens is 1. The molecule has 0 unspecified atom stereocenters. The third-order valence-corrected chi connectivity index (χ3v) is 3.04. The molecule has 0 saturated carbocycles. The highest BCUT2D eigenvalue weighted by Crippen LogP contribution is 2.31. The van der Waals surface area contributed by atoms with E-state index in [4.69, 9.17) is 9.68 Å². The highest BCUT2D eigenvalue weighted by Gasteiger charge is 2.14. The molecule has 0 atom stereocenters. The summed E-state index contributed by atoms with van der Waals surface area (Å²) in [5, 5.41) is 28.0. The van der Waals surface area contributed by atoms with Crippen LogP contribution in [0, 0.1) is 18.3 Å². The Morgan fingerprint density at radius 1 is 1.15 bits per heavy atom. The number of phenolic OH excluding ortho intramolecular Hbond substituents is 2. The summed E-state index contributed by atoms with van der Waals surface area (Å²) in [6.45, 7) is 1.83. The van der Waals surface area contributed by atoms with Gasteiger partial charge in [-0.05, 0) is 30.7 Å². The number of hydrogen-bond donors (Lipinski definition) is 2. The van der Waals surface area contributed by atoms with Gasteiger partial charge in [0.15, 0.2) is 5.58 Å². The Balaban J connectivity index is 2.26. The molecule has 1 aromatic heterocycles. The number of nitrogens with zero attached hydrogens (tertiary/aromatic N) is 2. The smallest absolute Gasteiger partial charge is 0.227 e. The minimum absolute atomic E-state index is 0.0312. The summed E-state index contributed by atoms with van der Waals surface area (Å²) in [6, 6.07) is 9.58. The zero-order valence-corrected chi connectivity index (χ0v) is 10.6. The fourth-order valence-electron chi connectivity index (χ4n) is 2.10. The lowest BCUT2D eigenvalue weighted by Gasteiger charge is -2.01. The summed E-state index contributed by atoms with van der Waals surface area (Å²) in [4.78, 5) is 4.28. The molecule has 0 aliphatic carbocycles. The maximum absolute atomic E-state index is 9.55. The number of aromatic hydroxyl groups is 2. The van der Waals surface area contributed by atoms with Gasteiger partial charge in [-0.1, -0.05) is 0 Å². The summed E-state index contributed by atoms with van der Waals surface area (Å²) in [6.07, 6.45) is 0. The van der Waals surface area contributed by atoms with E-state index in [1.165, 1.54) is 12.1 Å². The molecular formula is C15H10N2O3. The van der Waals surface area contributed by atoms with Crippen molar-refractivity contribution in [2.75, 3.05) is 0 Å². The molecule has 2 aromatic carbocycles. The lowest BCUT2D eigenvalue weighted by molar-refractivity contribution is 0.474. The average molecular weight is 266 g/mol. The molecule has 0 aliphatic rings. The number of oxazole rings is 1. The largest absolute Gasteiger partial charge is 0.508 e. The summed E-state index contributed by atoms with van der Waals surface area (Å²) < 4.78 is 5.63. The van der Waals surface area contributed by atoms with E-state index >= 15 is 0 Å². The number of fused-ring (bicyclic) bond motifs is 1. The molecular weight excluding hydrogens is 256 g/mol. The highest BCUT2D eigenvalue weighted by molar-refractivity contribution is 5.83. The lowest BCUT2D eigenvalue weighted by atomic mass is 10.1. The number of rotatable bonds is 1. The van der Waals surface area contributed by atoms with Gasteiger partial charge < -0.3 is 14.6 Å². The fourth-order valence-corrected chi connectivity index (χ4v) is 2.10. The quantitative estimate of drug-likeness (QED) is 0.706. The number of phenols is 2. The Bertz CT molecular complexity index is 859. The second-order valence-electron chi connectivity index (χ2n) is 4.47. The first-order valence-electron chi connectivity index (χ1n) is 5.92. The molecule has 5 nitrogen and oxygen atoms in total. The molecule has 0 amide bonds. The molecule has 0 spiro atoms. The van der Waals surface area contributed by atoms with Gasteiger partial charge in [-0.15, -0.1) is 0 Å². The molecule has 1 heterocycles. The third-order valence-electron chi connectivity index (χ3n) is 3.04. The third kappa shape index (κ3) is 1.84. The van der Waals surface area contributed by atoms with Gasteiger partial charge in [0.1, 0.15) is 28.6 Å². The van der Waals surface area contributed by atoms with Gasteiger partial charge in [0.2, 0.25) is 5.89 Å². The summed E-state index contributed by atoms with van der Waals surface area (Å²) >= 11 is 0. The van der Waals surface area contributed by atoms with Gasteiger partial charge in [-0.2, -0.15) is 5.26 Å². The van der Waals surface area contributed by atoms with E-state index in [2.05, 4.69) is 4.98 Å². The molecule has 5 heteroatoms. The first-order valence-corrected chi connectivity index (χ1v) is 5.92. The van der Waals surface area contributed by atoms with Crippen LogP contribution < -0.4 is 0 Å². The van der Waals surface area contributed by atoms with Crippen molar-refractivity contribution in [2.45, 2.75) is 6.92 Å². The van der Waals surface area contributed by atoms with Crippen LogP contribution in [-0.4, -0.2) is 15.2 Å². The molecule has 0 fully saturated rings. The van der Waals surface area contributed by atoms with Gasteiger partial charge in [-0.3, -0.25) is 0 Å². The lowest BCUT2D eigenvalue weighted by Crippen LogP contribution is -1.82. The van der Waals surface area contributed by atoms with Crippen LogP contribution in [-0.2, 0) is 0 Å². The maximum atomic E-state index is 9.55. The Morgan fingerprint density at radius 2 is 1.95 bits per heavy atom. The highest BCUT2D eigenvalue weighted by atomic mass is 16.3. The van der Waals surface area contributed by atoms with Crippen LogP contribution in [0.25, 0.3) is 22.6 Å². The van der Waals surface area contributed by atoms with Crippen molar-refractivity contribution in [3.8, 4) is 29.0 Å². The SMILES string of the molecule is Cc1cc(O)ccc1-c1nc2cc(O)cc(C#N)c2o1. The van der Waals surface area contributed by atoms with E-state index in [0.717, 1.165) is 11.1 Å². The van der Waals surface area contributed by atoms with Crippen LogP contribution in [0.1, 0.15) is 11.1 Å². The molecule has 98 valence electrons. The standard InChI is InChI=1S/C15H10N2O3/c1-8-4-10(18)2-3-12(8)15-17-13-6-11(19)5-9(7-16)14(13)20-15/h2-6,18-19H,1H3. The molecule has 0 aliphatic heterocycles. The van der Waals surface area contributed by atoms with E-state index in [-0.39, 0.29) is 17.1 Å². The summed E-state index contributed by atoms with van der Waals surface area (Å²) in [7, 11) is 0. The van der Waals surface area contributed by atoms with Crippen LogP contribution in [0.5, 0.6) is 11.5 Å². The van der Waals surface area contributed by atoms with Crippen LogP contribution in [0.3, 0.4) is 0 Å². The van der Waals surface area contributed by atoms with Crippen molar-refractivity contribution >= 4 is 11.1 Å². The maximum Gasteiger partial charge on any atom is 0.227 e. The Hall–Kier alpha value is -3.00. The van der Waals surface area contributed by atoms with Crippen molar-refractivity contribution in [1.29, 1.82) is 5.26 Å². The summed E-state index contributed by atoms with van der Waals surface area (Å²) in [5.74, 6) is 0.480. The molecule has 0 bridgehead atoms. The normalized spacial score (nSPS) is 10.6. The van der Waals surface area contributed by atoms with Crippen LogP contribution in [0.2, 0.25) is 0 Å². The van der Waals surface area contributed by atoms with Gasteiger partial charge in [0.05, 0.1) is 0 Å². The zero-order chi connectivity index (χ0) is 14.3. The Morgan fingerprint density at radius 3 is 2.65 bits per heavy atom. The van der Waals surface area contributed by atoms with Crippen molar-refractivity contribution in [1.82, 2.24) is 4.98 Å². The summed E-state index contributed by atoms with van der Waals surface area (Å²) in [5.41, 5.74) is 2.52. The van der Waals surface area contributed by atoms with E-state index < -0.39 is 0 Å². The predicted molar refractivity (Wildman–Crippen MR) is 72.2 cm³/mol. The predicted octanol–water partition coefficient (Wildman–Crippen LogP) is 3.09. The minimum Gasteiger partial charge on any atom is -0.508 e. The monoisotopic (exact) mass is 266 g/mol. The van der Waals surface area contributed by atoms with Gasteiger partial charge in [0.25, 0.3) is 0 Å². The number of nitriles is 1. The number of aryl methyl sites for hydroxylation is 1. The second kappa shape index (κ2) is 4.28. The zero-order valence-electron chi connectivity index (χ0n) is 10.6. The fraction of sp³-hybridized carbons (Fsp3) is 0.0667. The van der Waals surface area contributed by atoms with E-state index in [9.17, 15) is 10.2 Å². The number of benzene rings is 2. The first kappa shape index (κ1) is 12.1. The van der Waals surface area contributed by atoms with Crippen LogP contribution in [0.4, 0.5) is 0 Å². The number of hydrogen-bond acceptors (Lipinski definition) is 5. The Kier molecular flexibility index (Phi) is 2.58. The van der Waals surface area contributed by atoms with Crippen LogP contribution in [0.15, 0.2) is 34.7 Å². The average Bonchev–Trinajstić information content (AvgIpc) is 2.80. The molecule has 0 saturated heterocycles. The minimum atomic E-state index is -0.0312. The van der Waals surface area contributed by atoms with E-state index in [1.54, 1.807) is 18.2 Å². The van der Waals surface area contributed by atoms with Crippen LogP contribution >= 0.6 is 0 Å². The molecule has 3 aromatic rings. The van der Waals surface area contributed by atoms with Gasteiger partial charge in [0, 0.05) is 17.7 Å². The molecule has 20 heavy (non-hydrogen) atoms. The first-order chi connectivity index (χ1) is 9.58. The van der Waals surface area contributed by atoms with Crippen molar-refractivity contribution < 1.29 is 14.6 Å². The van der Waals surface area contributed by atoms with E-state index in [1.807, 2.05) is 13.0 Å². The Labute approximate surface area is 114 Å². The van der Waals surface area contributed by atoms with Crippen molar-refractivity contribution in [3.05, 3.63) is 41.5 Å². The van der Waals surface area contributed by atoms with Crippen molar-refractivity contribution in [3.63, 3.8) is 0 Å². The van der Waals surface area contributed by atoms with Crippen molar-refractivity contribution in [2.24, 2.45) is 0 Å². The molecule has 0 radical (unpaired) electrons. The molecule has 3 rings (SSSR count). The topological polar surface area (TPSA) is 90.3 Å². The molecule has 2 N–H and O–H groups in total. The second-order valence-corrected chi connectivity index (χ2v) is 4.47. The van der Waals surface area contributed by atoms with Gasteiger partial charge >= 0.3 is 0 Å². The van der Waals surface area contributed by atoms with Gasteiger partial charge in [-0.25, -0.2) is 4.98 Å².